The predicted octanol–water partition coefficient (Wildman–Crippen LogP) is 5.27. The van der Waals surface area contributed by atoms with Crippen molar-refractivity contribution in [3.63, 3.8) is 0 Å². The number of nitrogens with one attached hydrogen (secondary N) is 1. The third-order valence-electron chi connectivity index (χ3n) is 6.83. The fourth-order valence-corrected chi connectivity index (χ4v) is 9.12. The molecule has 0 radical (unpaired) electrons. The first-order valence-corrected chi connectivity index (χ1v) is 12.8. The van der Waals surface area contributed by atoms with Gasteiger partial charge in [-0.3, -0.25) is 9.34 Å². The van der Waals surface area contributed by atoms with Crippen molar-refractivity contribution in [3.8, 4) is 0 Å². The number of piperidine rings is 1. The Kier molecular flexibility index (Phi) is 6.19. The predicted molar refractivity (Wildman–Crippen MR) is 122 cm³/mol. The zero-order chi connectivity index (χ0) is 19.8. The lowest BCUT2D eigenvalue weighted by Gasteiger charge is -2.55. The molecule has 3 fully saturated rings. The molecule has 4 heteroatoms. The van der Waals surface area contributed by atoms with Gasteiger partial charge < -0.3 is 5.32 Å². The maximum atomic E-state index is 3.90. The van der Waals surface area contributed by atoms with Crippen LogP contribution in [0.5, 0.6) is 0 Å². The number of hydrogen-bond acceptors (Lipinski definition) is 3. The van der Waals surface area contributed by atoms with Crippen LogP contribution in [-0.4, -0.2) is 45.6 Å². The van der Waals surface area contributed by atoms with Gasteiger partial charge in [-0.1, -0.05) is 49.6 Å². The van der Waals surface area contributed by atoms with E-state index in [9.17, 15) is 0 Å². The van der Waals surface area contributed by atoms with Gasteiger partial charge in [0.05, 0.1) is 8.22 Å². The normalized spacial score (nSPS) is 30.4. The van der Waals surface area contributed by atoms with Crippen molar-refractivity contribution in [2.24, 2.45) is 0 Å². The van der Waals surface area contributed by atoms with Gasteiger partial charge in [-0.2, -0.15) is 0 Å². The Bertz CT molecular complexity index is 623. The highest BCUT2D eigenvalue weighted by Gasteiger charge is 2.45. The smallest absolute Gasteiger partial charge is 0.0729 e. The van der Waals surface area contributed by atoms with Crippen molar-refractivity contribution >= 4 is 13.5 Å². The van der Waals surface area contributed by atoms with E-state index in [1.165, 1.54) is 64.5 Å². The van der Waals surface area contributed by atoms with Crippen LogP contribution in [0.4, 0.5) is 0 Å². The van der Waals surface area contributed by atoms with E-state index in [2.05, 4.69) is 72.7 Å². The summed E-state index contributed by atoms with van der Waals surface area (Å²) in [6.07, 6.45) is 10.9. The van der Waals surface area contributed by atoms with Crippen LogP contribution in [0, 0.1) is 0 Å². The van der Waals surface area contributed by atoms with E-state index in [0.29, 0.717) is 6.04 Å². The highest BCUT2D eigenvalue weighted by atomic mass is 31.1. The molecule has 3 aliphatic rings. The van der Waals surface area contributed by atoms with Crippen molar-refractivity contribution in [2.45, 2.75) is 102 Å². The van der Waals surface area contributed by atoms with Gasteiger partial charge in [-0.25, -0.2) is 0 Å². The molecule has 0 spiro atoms. The Morgan fingerprint density at radius 3 is 1.96 bits per heavy atom. The van der Waals surface area contributed by atoms with Crippen LogP contribution in [0.1, 0.15) is 79.1 Å². The molecule has 1 aromatic rings. The van der Waals surface area contributed by atoms with Gasteiger partial charge in [0.25, 0.3) is 0 Å². The standard InChI is InChI=1S/C24H40N3P/c1-23(2)18-21(19-24(3,4)25-23)27-17-11-16-26(20-12-7-5-8-13-20)28(27)22-14-9-6-10-15-22/h6,9-10,14-15,20-21,25H,5,7-8,11-13,16-19H2,1-4H3. The van der Waals surface area contributed by atoms with Crippen molar-refractivity contribution in [3.05, 3.63) is 30.3 Å². The molecule has 1 aromatic carbocycles. The molecular formula is C24H40N3P. The van der Waals surface area contributed by atoms with Gasteiger partial charge in [-0.05, 0) is 59.8 Å². The third kappa shape index (κ3) is 4.64. The lowest BCUT2D eigenvalue weighted by atomic mass is 9.79. The molecular weight excluding hydrogens is 361 g/mol. The summed E-state index contributed by atoms with van der Waals surface area (Å²) >= 11 is 0. The summed E-state index contributed by atoms with van der Waals surface area (Å²) in [5.74, 6) is 0. The Balaban J connectivity index is 1.66. The zero-order valence-corrected chi connectivity index (χ0v) is 19.3. The number of benzene rings is 1. The molecule has 156 valence electrons. The summed E-state index contributed by atoms with van der Waals surface area (Å²) < 4.78 is 5.91. The van der Waals surface area contributed by atoms with Gasteiger partial charge in [0.15, 0.2) is 0 Å². The van der Waals surface area contributed by atoms with Crippen molar-refractivity contribution < 1.29 is 0 Å². The Labute approximate surface area is 174 Å². The first-order valence-electron chi connectivity index (χ1n) is 11.5. The van der Waals surface area contributed by atoms with E-state index in [4.69, 9.17) is 0 Å². The molecule has 3 nitrogen and oxygen atoms in total. The molecule has 2 heterocycles. The van der Waals surface area contributed by atoms with Crippen LogP contribution >= 0.6 is 8.22 Å². The topological polar surface area (TPSA) is 18.5 Å². The highest BCUT2D eigenvalue weighted by molar-refractivity contribution is 7.61. The minimum atomic E-state index is -0.383. The molecule has 0 bridgehead atoms. The van der Waals surface area contributed by atoms with Gasteiger partial charge in [0.2, 0.25) is 0 Å². The van der Waals surface area contributed by atoms with E-state index in [1.54, 1.807) is 5.30 Å². The molecule has 0 amide bonds. The van der Waals surface area contributed by atoms with Gasteiger partial charge in [0, 0.05) is 41.6 Å². The summed E-state index contributed by atoms with van der Waals surface area (Å²) in [6, 6.07) is 12.9. The van der Waals surface area contributed by atoms with Crippen molar-refractivity contribution in [1.82, 2.24) is 14.7 Å². The van der Waals surface area contributed by atoms with Gasteiger partial charge >= 0.3 is 0 Å². The first kappa shape index (κ1) is 20.8. The molecule has 1 aliphatic carbocycles. The number of nitrogens with zero attached hydrogens (tertiary/aromatic N) is 2. The average Bonchev–Trinajstić information content (AvgIpc) is 2.66. The fraction of sp³-hybridized carbons (Fsp3) is 0.750. The van der Waals surface area contributed by atoms with E-state index in [-0.39, 0.29) is 19.3 Å². The molecule has 1 unspecified atom stereocenters. The summed E-state index contributed by atoms with van der Waals surface area (Å²) in [5.41, 5.74) is 0.411. The Hall–Kier alpha value is -0.470. The van der Waals surface area contributed by atoms with Crippen LogP contribution in [0.2, 0.25) is 0 Å². The van der Waals surface area contributed by atoms with Crippen LogP contribution in [0.25, 0.3) is 0 Å². The maximum Gasteiger partial charge on any atom is 0.0729 e. The Morgan fingerprint density at radius 1 is 0.786 bits per heavy atom. The van der Waals surface area contributed by atoms with E-state index in [0.717, 1.165) is 6.04 Å². The van der Waals surface area contributed by atoms with Crippen molar-refractivity contribution in [2.75, 3.05) is 13.1 Å². The van der Waals surface area contributed by atoms with E-state index < -0.39 is 0 Å². The second-order valence-corrected chi connectivity index (χ2v) is 12.7. The molecule has 2 saturated heterocycles. The quantitative estimate of drug-likeness (QED) is 0.696. The van der Waals surface area contributed by atoms with Crippen LogP contribution in [0.15, 0.2) is 30.3 Å². The molecule has 0 aromatic heterocycles. The highest BCUT2D eigenvalue weighted by Crippen LogP contribution is 2.53. The molecule has 2 aliphatic heterocycles. The Morgan fingerprint density at radius 2 is 1.36 bits per heavy atom. The third-order valence-corrected chi connectivity index (χ3v) is 9.62. The van der Waals surface area contributed by atoms with Crippen LogP contribution in [0.3, 0.4) is 0 Å². The average molecular weight is 402 g/mol. The monoisotopic (exact) mass is 401 g/mol. The van der Waals surface area contributed by atoms with Crippen LogP contribution in [-0.2, 0) is 0 Å². The largest absolute Gasteiger partial charge is 0.307 e. The van der Waals surface area contributed by atoms with Gasteiger partial charge in [0.1, 0.15) is 0 Å². The lowest BCUT2D eigenvalue weighted by Crippen LogP contribution is -2.63. The van der Waals surface area contributed by atoms with E-state index in [1.807, 2.05) is 0 Å². The summed E-state index contributed by atoms with van der Waals surface area (Å²) in [6.45, 7) is 12.1. The molecule has 4 rings (SSSR count). The molecule has 1 N–H and O–H groups in total. The second-order valence-electron chi connectivity index (χ2n) is 10.6. The number of rotatable bonds is 3. The summed E-state index contributed by atoms with van der Waals surface area (Å²) in [4.78, 5) is 0. The van der Waals surface area contributed by atoms with Crippen molar-refractivity contribution in [1.29, 1.82) is 0 Å². The molecule has 1 saturated carbocycles. The number of hydrogen-bond donors (Lipinski definition) is 1. The zero-order valence-electron chi connectivity index (χ0n) is 18.5. The lowest BCUT2D eigenvalue weighted by molar-refractivity contribution is 0.0977. The van der Waals surface area contributed by atoms with Gasteiger partial charge in [-0.15, -0.1) is 0 Å². The SMILES string of the molecule is CC1(C)CC(N2CCCN(C3CCCCC3)P2c2ccccc2)CC(C)(C)N1. The minimum absolute atomic E-state index is 0.206. The molecule has 28 heavy (non-hydrogen) atoms. The molecule has 1 atom stereocenters. The minimum Gasteiger partial charge on any atom is -0.307 e. The van der Waals surface area contributed by atoms with Crippen LogP contribution < -0.4 is 10.6 Å². The second kappa shape index (κ2) is 8.34. The van der Waals surface area contributed by atoms with E-state index >= 15 is 0 Å². The fourth-order valence-electron chi connectivity index (χ4n) is 6.12. The maximum absolute atomic E-state index is 3.90. The first-order chi connectivity index (χ1) is 13.3. The summed E-state index contributed by atoms with van der Waals surface area (Å²) in [5, 5.41) is 5.46. The summed E-state index contributed by atoms with van der Waals surface area (Å²) in [7, 11) is -0.383.